The molecule has 0 spiro atoms. The summed E-state index contributed by atoms with van der Waals surface area (Å²) >= 11 is 0. The van der Waals surface area contributed by atoms with Gasteiger partial charge in [0.05, 0.1) is 24.9 Å². The lowest BCUT2D eigenvalue weighted by Crippen LogP contribution is -2.51. The third-order valence-electron chi connectivity index (χ3n) is 2.86. The van der Waals surface area contributed by atoms with Gasteiger partial charge in [0.25, 0.3) is 0 Å². The highest BCUT2D eigenvalue weighted by atomic mass is 16.5. The first-order chi connectivity index (χ1) is 7.59. The van der Waals surface area contributed by atoms with Crippen LogP contribution in [0.1, 0.15) is 32.6 Å². The van der Waals surface area contributed by atoms with Gasteiger partial charge in [0.1, 0.15) is 0 Å². The van der Waals surface area contributed by atoms with E-state index in [1.807, 2.05) is 0 Å². The molecule has 0 saturated carbocycles. The van der Waals surface area contributed by atoms with Crippen molar-refractivity contribution in [2.24, 2.45) is 0 Å². The van der Waals surface area contributed by atoms with Crippen molar-refractivity contribution in [2.45, 2.75) is 44.2 Å². The molecule has 1 amide bonds. The molecule has 0 radical (unpaired) electrons. The summed E-state index contributed by atoms with van der Waals surface area (Å²) in [4.78, 5) is 11.5. The van der Waals surface area contributed by atoms with E-state index in [0.29, 0.717) is 12.8 Å². The minimum absolute atomic E-state index is 0.152. The molecule has 0 bridgehead atoms. The van der Waals surface area contributed by atoms with Crippen molar-refractivity contribution < 1.29 is 19.7 Å². The van der Waals surface area contributed by atoms with Gasteiger partial charge in [0, 0.05) is 13.0 Å². The second kappa shape index (κ2) is 6.18. The Hall–Kier alpha value is -0.650. The van der Waals surface area contributed by atoms with Crippen molar-refractivity contribution in [3.63, 3.8) is 0 Å². The lowest BCUT2D eigenvalue weighted by atomic mass is 10.0. The van der Waals surface area contributed by atoms with Crippen LogP contribution >= 0.6 is 0 Å². The van der Waals surface area contributed by atoms with Crippen LogP contribution in [0.4, 0.5) is 0 Å². The summed E-state index contributed by atoms with van der Waals surface area (Å²) in [7, 11) is 0. The SMILES string of the molecule is CC(CO)(CO)NC(=O)CCC1CCCO1. The van der Waals surface area contributed by atoms with Crippen LogP contribution in [0.5, 0.6) is 0 Å². The van der Waals surface area contributed by atoms with E-state index < -0.39 is 5.54 Å². The molecule has 5 heteroatoms. The Balaban J connectivity index is 2.24. The normalized spacial score (nSPS) is 21.1. The summed E-state index contributed by atoms with van der Waals surface area (Å²) in [5.74, 6) is -0.152. The fraction of sp³-hybridized carbons (Fsp3) is 0.909. The molecule has 0 aromatic rings. The van der Waals surface area contributed by atoms with Crippen molar-refractivity contribution in [3.05, 3.63) is 0 Å². The zero-order valence-corrected chi connectivity index (χ0v) is 9.74. The summed E-state index contributed by atoms with van der Waals surface area (Å²) in [6.07, 6.45) is 3.36. The van der Waals surface area contributed by atoms with Gasteiger partial charge in [-0.25, -0.2) is 0 Å². The molecule has 1 saturated heterocycles. The first-order valence-corrected chi connectivity index (χ1v) is 5.74. The molecule has 5 nitrogen and oxygen atoms in total. The minimum atomic E-state index is -0.923. The van der Waals surface area contributed by atoms with E-state index in [0.717, 1.165) is 19.4 Å². The molecule has 1 atom stereocenters. The molecule has 1 rings (SSSR count). The number of carbonyl (C=O) groups is 1. The number of hydrogen-bond donors (Lipinski definition) is 3. The van der Waals surface area contributed by atoms with Crippen molar-refractivity contribution >= 4 is 5.91 Å². The minimum Gasteiger partial charge on any atom is -0.394 e. The molecule has 1 aliphatic rings. The summed E-state index contributed by atoms with van der Waals surface area (Å²) in [5, 5.41) is 20.7. The zero-order valence-electron chi connectivity index (χ0n) is 9.74. The Morgan fingerprint density at radius 1 is 1.50 bits per heavy atom. The Labute approximate surface area is 95.8 Å². The highest BCUT2D eigenvalue weighted by molar-refractivity contribution is 5.76. The maximum atomic E-state index is 11.5. The summed E-state index contributed by atoms with van der Waals surface area (Å²) < 4.78 is 5.41. The molecule has 1 fully saturated rings. The van der Waals surface area contributed by atoms with Crippen molar-refractivity contribution in [1.29, 1.82) is 0 Å². The van der Waals surface area contributed by atoms with Gasteiger partial charge in [-0.3, -0.25) is 4.79 Å². The molecule has 3 N–H and O–H groups in total. The molecule has 0 aromatic carbocycles. The lowest BCUT2D eigenvalue weighted by molar-refractivity contribution is -0.124. The Kier molecular flexibility index (Phi) is 5.18. The maximum Gasteiger partial charge on any atom is 0.220 e. The third-order valence-corrected chi connectivity index (χ3v) is 2.86. The number of hydrogen-bond acceptors (Lipinski definition) is 4. The van der Waals surface area contributed by atoms with Crippen molar-refractivity contribution in [1.82, 2.24) is 5.32 Å². The molecular formula is C11H21NO4. The standard InChI is InChI=1S/C11H21NO4/c1-11(7-13,8-14)12-10(15)5-4-9-3-2-6-16-9/h9,13-14H,2-8H2,1H3,(H,12,15). The summed E-state index contributed by atoms with van der Waals surface area (Å²) in [6.45, 7) is 1.86. The van der Waals surface area contributed by atoms with E-state index in [1.165, 1.54) is 0 Å². The van der Waals surface area contributed by atoms with Gasteiger partial charge in [0.2, 0.25) is 5.91 Å². The van der Waals surface area contributed by atoms with E-state index in [4.69, 9.17) is 14.9 Å². The number of amides is 1. The fourth-order valence-electron chi connectivity index (χ4n) is 1.69. The van der Waals surface area contributed by atoms with Crippen LogP contribution < -0.4 is 5.32 Å². The predicted molar refractivity (Wildman–Crippen MR) is 58.9 cm³/mol. The van der Waals surface area contributed by atoms with Crippen molar-refractivity contribution in [3.8, 4) is 0 Å². The van der Waals surface area contributed by atoms with E-state index in [9.17, 15) is 4.79 Å². The van der Waals surface area contributed by atoms with Gasteiger partial charge in [0.15, 0.2) is 0 Å². The molecule has 1 aliphatic heterocycles. The molecule has 1 unspecified atom stereocenters. The van der Waals surface area contributed by atoms with Crippen LogP contribution in [-0.4, -0.2) is 47.6 Å². The molecule has 0 aliphatic carbocycles. The largest absolute Gasteiger partial charge is 0.394 e. The van der Waals surface area contributed by atoms with E-state index in [2.05, 4.69) is 5.32 Å². The molecule has 94 valence electrons. The Morgan fingerprint density at radius 3 is 2.69 bits per heavy atom. The van der Waals surface area contributed by atoms with Crippen LogP contribution in [0.15, 0.2) is 0 Å². The highest BCUT2D eigenvalue weighted by Crippen LogP contribution is 2.16. The maximum absolute atomic E-state index is 11.5. The van der Waals surface area contributed by atoms with Crippen LogP contribution in [0.2, 0.25) is 0 Å². The van der Waals surface area contributed by atoms with Gasteiger partial charge in [-0.05, 0) is 26.2 Å². The second-order valence-electron chi connectivity index (χ2n) is 4.60. The van der Waals surface area contributed by atoms with Crippen LogP contribution in [0.25, 0.3) is 0 Å². The van der Waals surface area contributed by atoms with Gasteiger partial charge in [-0.1, -0.05) is 0 Å². The number of carbonyl (C=O) groups excluding carboxylic acids is 1. The highest BCUT2D eigenvalue weighted by Gasteiger charge is 2.25. The Bertz CT molecular complexity index is 222. The predicted octanol–water partition coefficient (Wildman–Crippen LogP) is -0.195. The number of aliphatic hydroxyl groups excluding tert-OH is 2. The number of nitrogens with one attached hydrogen (secondary N) is 1. The lowest BCUT2D eigenvalue weighted by Gasteiger charge is -2.26. The molecular weight excluding hydrogens is 210 g/mol. The fourth-order valence-corrected chi connectivity index (χ4v) is 1.69. The smallest absolute Gasteiger partial charge is 0.220 e. The first kappa shape index (κ1) is 13.4. The number of ether oxygens (including phenoxy) is 1. The quantitative estimate of drug-likeness (QED) is 0.592. The summed E-state index contributed by atoms with van der Waals surface area (Å²) in [5.41, 5.74) is -0.923. The van der Waals surface area contributed by atoms with E-state index in [-0.39, 0.29) is 25.2 Å². The molecule has 16 heavy (non-hydrogen) atoms. The average molecular weight is 231 g/mol. The molecule has 0 aromatic heterocycles. The Morgan fingerprint density at radius 2 is 2.19 bits per heavy atom. The second-order valence-corrected chi connectivity index (χ2v) is 4.60. The van der Waals surface area contributed by atoms with Crippen molar-refractivity contribution in [2.75, 3.05) is 19.8 Å². The monoisotopic (exact) mass is 231 g/mol. The van der Waals surface area contributed by atoms with Gasteiger partial charge >= 0.3 is 0 Å². The van der Waals surface area contributed by atoms with Crippen LogP contribution in [-0.2, 0) is 9.53 Å². The van der Waals surface area contributed by atoms with Gasteiger partial charge in [-0.15, -0.1) is 0 Å². The summed E-state index contributed by atoms with van der Waals surface area (Å²) in [6, 6.07) is 0. The average Bonchev–Trinajstić information content (AvgIpc) is 2.79. The number of aliphatic hydroxyl groups is 2. The van der Waals surface area contributed by atoms with Gasteiger partial charge < -0.3 is 20.3 Å². The zero-order chi connectivity index (χ0) is 12.0. The first-order valence-electron chi connectivity index (χ1n) is 5.74. The third kappa shape index (κ3) is 4.08. The van der Waals surface area contributed by atoms with Crippen LogP contribution in [0, 0.1) is 0 Å². The van der Waals surface area contributed by atoms with Gasteiger partial charge in [-0.2, -0.15) is 0 Å². The molecule has 1 heterocycles. The van der Waals surface area contributed by atoms with E-state index in [1.54, 1.807) is 6.92 Å². The van der Waals surface area contributed by atoms with E-state index >= 15 is 0 Å². The van der Waals surface area contributed by atoms with Crippen LogP contribution in [0.3, 0.4) is 0 Å². The topological polar surface area (TPSA) is 78.8 Å². The number of rotatable bonds is 6.